The first-order valence-electron chi connectivity index (χ1n) is 9.86. The zero-order valence-corrected chi connectivity index (χ0v) is 16.8. The summed E-state index contributed by atoms with van der Waals surface area (Å²) < 4.78 is 5.33. The first kappa shape index (κ1) is 18.4. The molecule has 144 valence electrons. The second-order valence-electron chi connectivity index (χ2n) is 7.37. The second kappa shape index (κ2) is 8.40. The highest BCUT2D eigenvalue weighted by Gasteiger charge is 2.25. The van der Waals surface area contributed by atoms with Crippen LogP contribution >= 0.6 is 11.3 Å². The van der Waals surface area contributed by atoms with E-state index in [0.29, 0.717) is 5.01 Å². The number of fused-ring (bicyclic) bond motifs is 1. The van der Waals surface area contributed by atoms with Crippen LogP contribution in [-0.4, -0.2) is 54.0 Å². The van der Waals surface area contributed by atoms with E-state index in [9.17, 15) is 4.79 Å². The van der Waals surface area contributed by atoms with E-state index < -0.39 is 0 Å². The fraction of sp³-hybridized carbons (Fsp3) is 0.524. The fourth-order valence-electron chi connectivity index (χ4n) is 3.92. The maximum absolute atomic E-state index is 12.7. The molecule has 0 spiro atoms. The van der Waals surface area contributed by atoms with Crippen LogP contribution in [0.2, 0.25) is 0 Å². The van der Waals surface area contributed by atoms with Crippen molar-refractivity contribution in [2.75, 3.05) is 33.3 Å². The van der Waals surface area contributed by atoms with Crippen LogP contribution in [0, 0.1) is 0 Å². The Morgan fingerprint density at radius 3 is 2.78 bits per heavy atom. The lowest BCUT2D eigenvalue weighted by atomic mass is 10.1. The van der Waals surface area contributed by atoms with E-state index in [0.717, 1.165) is 69.9 Å². The number of thiazole rings is 1. The minimum absolute atomic E-state index is 0.140. The molecule has 0 unspecified atom stereocenters. The van der Waals surface area contributed by atoms with Crippen molar-refractivity contribution in [1.29, 1.82) is 0 Å². The molecule has 2 aromatic rings. The highest BCUT2D eigenvalue weighted by molar-refractivity contribution is 7.13. The minimum atomic E-state index is 0.140. The van der Waals surface area contributed by atoms with Gasteiger partial charge in [-0.1, -0.05) is 12.1 Å². The first-order chi connectivity index (χ1) is 13.2. The summed E-state index contributed by atoms with van der Waals surface area (Å²) in [5, 5.41) is 0.697. The molecule has 0 atom stereocenters. The Hall–Kier alpha value is -1.92. The molecule has 0 aliphatic carbocycles. The van der Waals surface area contributed by atoms with Gasteiger partial charge in [0.25, 0.3) is 5.91 Å². The number of carbonyl (C=O) groups excluding carboxylic acids is 1. The summed E-state index contributed by atoms with van der Waals surface area (Å²) in [5.41, 5.74) is 2.40. The van der Waals surface area contributed by atoms with E-state index in [4.69, 9.17) is 9.72 Å². The number of hydrogen-bond donors (Lipinski definition) is 0. The van der Waals surface area contributed by atoms with Crippen molar-refractivity contribution in [3.05, 3.63) is 45.4 Å². The van der Waals surface area contributed by atoms with Gasteiger partial charge < -0.3 is 9.64 Å². The number of carbonyl (C=O) groups is 1. The third kappa shape index (κ3) is 4.33. The molecule has 6 heteroatoms. The van der Waals surface area contributed by atoms with Gasteiger partial charge in [-0.25, -0.2) is 4.98 Å². The summed E-state index contributed by atoms with van der Waals surface area (Å²) in [7, 11) is 1.71. The molecule has 1 amide bonds. The SMILES string of the molecule is COc1cccc(CN2CCc3nc(C(=O)N4CCCCC4)sc3CC2)c1. The van der Waals surface area contributed by atoms with Crippen molar-refractivity contribution in [3.63, 3.8) is 0 Å². The van der Waals surface area contributed by atoms with Crippen LogP contribution in [0.25, 0.3) is 0 Å². The van der Waals surface area contributed by atoms with Gasteiger partial charge >= 0.3 is 0 Å². The van der Waals surface area contributed by atoms with E-state index in [-0.39, 0.29) is 5.91 Å². The average molecular weight is 386 g/mol. The molecule has 0 bridgehead atoms. The second-order valence-corrected chi connectivity index (χ2v) is 8.45. The third-order valence-electron chi connectivity index (χ3n) is 5.46. The Morgan fingerprint density at radius 1 is 1.15 bits per heavy atom. The molecule has 0 radical (unpaired) electrons. The van der Waals surface area contributed by atoms with Crippen LogP contribution in [-0.2, 0) is 19.4 Å². The lowest BCUT2D eigenvalue weighted by Crippen LogP contribution is -2.35. The van der Waals surface area contributed by atoms with E-state index in [1.165, 1.54) is 16.9 Å². The monoisotopic (exact) mass is 385 g/mol. The van der Waals surface area contributed by atoms with Crippen LogP contribution < -0.4 is 4.74 Å². The lowest BCUT2D eigenvalue weighted by Gasteiger charge is -2.25. The van der Waals surface area contributed by atoms with Crippen molar-refractivity contribution in [2.45, 2.75) is 38.6 Å². The number of ether oxygens (including phenoxy) is 1. The molecule has 1 aromatic heterocycles. The van der Waals surface area contributed by atoms with E-state index >= 15 is 0 Å². The normalized spacial score (nSPS) is 18.0. The number of nitrogens with zero attached hydrogens (tertiary/aromatic N) is 3. The summed E-state index contributed by atoms with van der Waals surface area (Å²) in [6.07, 6.45) is 5.38. The number of piperidine rings is 1. The molecule has 2 aliphatic heterocycles. The molecule has 1 fully saturated rings. The van der Waals surface area contributed by atoms with Gasteiger partial charge in [0.05, 0.1) is 12.8 Å². The van der Waals surface area contributed by atoms with E-state index in [1.807, 2.05) is 17.0 Å². The van der Waals surface area contributed by atoms with Crippen LogP contribution in [0.1, 0.15) is 45.2 Å². The maximum atomic E-state index is 12.7. The van der Waals surface area contributed by atoms with Crippen molar-refractivity contribution in [2.24, 2.45) is 0 Å². The number of methoxy groups -OCH3 is 1. The Morgan fingerprint density at radius 2 is 1.96 bits per heavy atom. The van der Waals surface area contributed by atoms with Crippen LogP contribution in [0.15, 0.2) is 24.3 Å². The van der Waals surface area contributed by atoms with Gasteiger partial charge in [0.1, 0.15) is 5.75 Å². The summed E-state index contributed by atoms with van der Waals surface area (Å²) in [6.45, 7) is 4.68. The number of benzene rings is 1. The summed E-state index contributed by atoms with van der Waals surface area (Å²) >= 11 is 1.62. The average Bonchev–Trinajstić information content (AvgIpc) is 3.04. The number of hydrogen-bond acceptors (Lipinski definition) is 5. The smallest absolute Gasteiger partial charge is 0.282 e. The number of rotatable bonds is 4. The number of likely N-dealkylation sites (tertiary alicyclic amines) is 1. The zero-order chi connectivity index (χ0) is 18.6. The molecule has 1 aromatic carbocycles. The van der Waals surface area contributed by atoms with Crippen LogP contribution in [0.4, 0.5) is 0 Å². The van der Waals surface area contributed by atoms with Gasteiger partial charge in [-0.15, -0.1) is 11.3 Å². The van der Waals surface area contributed by atoms with E-state index in [2.05, 4.69) is 17.0 Å². The predicted molar refractivity (Wildman–Crippen MR) is 108 cm³/mol. The van der Waals surface area contributed by atoms with Crippen LogP contribution in [0.3, 0.4) is 0 Å². The number of amides is 1. The van der Waals surface area contributed by atoms with Crippen molar-refractivity contribution >= 4 is 17.2 Å². The molecule has 27 heavy (non-hydrogen) atoms. The van der Waals surface area contributed by atoms with Crippen molar-refractivity contribution in [1.82, 2.24) is 14.8 Å². The summed E-state index contributed by atoms with van der Waals surface area (Å²) in [4.78, 5) is 23.2. The lowest BCUT2D eigenvalue weighted by molar-refractivity contribution is 0.0723. The third-order valence-corrected chi connectivity index (χ3v) is 6.61. The maximum Gasteiger partial charge on any atom is 0.282 e. The Bertz CT molecular complexity index is 773. The van der Waals surface area contributed by atoms with Gasteiger partial charge in [0.15, 0.2) is 5.01 Å². The van der Waals surface area contributed by atoms with Gasteiger partial charge in [0, 0.05) is 44.0 Å². The molecule has 4 rings (SSSR count). The minimum Gasteiger partial charge on any atom is -0.497 e. The standard InChI is InChI=1S/C21H27N3O2S/c1-26-17-7-5-6-16(14-17)15-23-12-8-18-19(9-13-23)27-20(22-18)21(25)24-10-3-2-4-11-24/h5-7,14H,2-4,8-13,15H2,1H3. The molecule has 0 saturated carbocycles. The Balaban J connectivity index is 1.39. The van der Waals surface area contributed by atoms with Gasteiger partial charge in [-0.05, 0) is 43.4 Å². The first-order valence-corrected chi connectivity index (χ1v) is 10.7. The predicted octanol–water partition coefficient (Wildman–Crippen LogP) is 3.38. The van der Waals surface area contributed by atoms with Gasteiger partial charge in [0.2, 0.25) is 0 Å². The Labute approximate surface area is 165 Å². The Kier molecular flexibility index (Phi) is 5.74. The largest absolute Gasteiger partial charge is 0.497 e. The molecule has 2 aliphatic rings. The highest BCUT2D eigenvalue weighted by atomic mass is 32.1. The quantitative estimate of drug-likeness (QED) is 0.809. The molecule has 3 heterocycles. The summed E-state index contributed by atoms with van der Waals surface area (Å²) in [6, 6.07) is 8.28. The van der Waals surface area contributed by atoms with Gasteiger partial charge in [-0.3, -0.25) is 9.69 Å². The van der Waals surface area contributed by atoms with Crippen LogP contribution in [0.5, 0.6) is 5.75 Å². The van der Waals surface area contributed by atoms with E-state index in [1.54, 1.807) is 18.4 Å². The zero-order valence-electron chi connectivity index (χ0n) is 15.9. The fourth-order valence-corrected chi connectivity index (χ4v) is 4.98. The topological polar surface area (TPSA) is 45.7 Å². The molecular weight excluding hydrogens is 358 g/mol. The van der Waals surface area contributed by atoms with Gasteiger partial charge in [-0.2, -0.15) is 0 Å². The molecular formula is C21H27N3O2S. The molecule has 0 N–H and O–H groups in total. The summed E-state index contributed by atoms with van der Waals surface area (Å²) in [5.74, 6) is 1.05. The molecule has 5 nitrogen and oxygen atoms in total. The highest BCUT2D eigenvalue weighted by Crippen LogP contribution is 2.26. The molecule has 1 saturated heterocycles. The number of aromatic nitrogens is 1. The van der Waals surface area contributed by atoms with Crippen molar-refractivity contribution in [3.8, 4) is 5.75 Å². The van der Waals surface area contributed by atoms with Crippen molar-refractivity contribution < 1.29 is 9.53 Å².